The van der Waals surface area contributed by atoms with Crippen molar-refractivity contribution in [1.29, 1.82) is 0 Å². The molecule has 0 atom stereocenters. The lowest BCUT2D eigenvalue weighted by Crippen LogP contribution is -2.36. The number of rotatable bonds is 7. The smallest absolute Gasteiger partial charge is 0.253 e. The maximum Gasteiger partial charge on any atom is 0.253 e. The molecule has 1 saturated heterocycles. The minimum Gasteiger partial charge on any atom is -0.371 e. The number of carbonyl (C=O) groups is 2. The molecule has 0 radical (unpaired) electrons. The van der Waals surface area contributed by atoms with Gasteiger partial charge in [-0.15, -0.1) is 0 Å². The van der Waals surface area contributed by atoms with Crippen LogP contribution in [-0.4, -0.2) is 30.9 Å². The molecule has 0 unspecified atom stereocenters. The van der Waals surface area contributed by atoms with Crippen molar-refractivity contribution < 1.29 is 9.59 Å². The van der Waals surface area contributed by atoms with Crippen LogP contribution in [0.4, 0.5) is 11.4 Å². The van der Waals surface area contributed by atoms with Gasteiger partial charge < -0.3 is 15.5 Å². The molecule has 2 N–H and O–H groups in total. The Hall–Kier alpha value is -2.82. The van der Waals surface area contributed by atoms with Gasteiger partial charge in [0, 0.05) is 36.9 Å². The fourth-order valence-electron chi connectivity index (χ4n) is 3.79. The molecule has 5 nitrogen and oxygen atoms in total. The zero-order valence-corrected chi connectivity index (χ0v) is 18.3. The van der Waals surface area contributed by atoms with E-state index in [0.29, 0.717) is 24.1 Å². The first kappa shape index (κ1) is 21.9. The third-order valence-corrected chi connectivity index (χ3v) is 5.55. The first-order valence-electron chi connectivity index (χ1n) is 11.0. The van der Waals surface area contributed by atoms with E-state index < -0.39 is 0 Å². The molecule has 1 fully saturated rings. The van der Waals surface area contributed by atoms with Crippen molar-refractivity contribution in [2.45, 2.75) is 52.5 Å². The van der Waals surface area contributed by atoms with Crippen LogP contribution in [0.5, 0.6) is 0 Å². The summed E-state index contributed by atoms with van der Waals surface area (Å²) in [4.78, 5) is 27.6. The first-order chi connectivity index (χ1) is 14.4. The zero-order chi connectivity index (χ0) is 21.5. The van der Waals surface area contributed by atoms with Crippen molar-refractivity contribution in [3.63, 3.8) is 0 Å². The van der Waals surface area contributed by atoms with E-state index in [1.807, 2.05) is 62.4 Å². The number of nitrogens with one attached hydrogen (secondary N) is 2. The number of hydrogen-bond acceptors (Lipinski definition) is 3. The molecule has 0 bridgehead atoms. The third-order valence-electron chi connectivity index (χ3n) is 5.55. The van der Waals surface area contributed by atoms with Crippen LogP contribution in [0, 0.1) is 5.92 Å². The number of hydrogen-bond donors (Lipinski definition) is 2. The monoisotopic (exact) mass is 407 g/mol. The maximum atomic E-state index is 12.9. The van der Waals surface area contributed by atoms with Gasteiger partial charge in [0.25, 0.3) is 5.91 Å². The van der Waals surface area contributed by atoms with Crippen molar-refractivity contribution in [1.82, 2.24) is 5.32 Å². The Morgan fingerprint density at radius 2 is 1.77 bits per heavy atom. The fourth-order valence-corrected chi connectivity index (χ4v) is 3.79. The standard InChI is InChI=1S/C25H33N3O2/c1-18(2)26-25(30)22-17-21(10-11-23(22)28-15-13-19(3)14-16-28)27-24(29)12-9-20-7-5-4-6-8-20/h4-8,10-11,17-19H,9,12-16H2,1-3H3,(H,26,30)(H,27,29). The summed E-state index contributed by atoms with van der Waals surface area (Å²) in [6.07, 6.45) is 3.35. The lowest BCUT2D eigenvalue weighted by atomic mass is 9.97. The number of piperidine rings is 1. The topological polar surface area (TPSA) is 61.4 Å². The SMILES string of the molecule is CC1CCN(c2ccc(NC(=O)CCc3ccccc3)cc2C(=O)NC(C)C)CC1. The molecule has 0 aliphatic carbocycles. The lowest BCUT2D eigenvalue weighted by molar-refractivity contribution is -0.116. The van der Waals surface area contributed by atoms with E-state index in [0.717, 1.165) is 43.1 Å². The maximum absolute atomic E-state index is 12.9. The summed E-state index contributed by atoms with van der Waals surface area (Å²) in [6.45, 7) is 8.08. The average Bonchev–Trinajstić information content (AvgIpc) is 2.73. The highest BCUT2D eigenvalue weighted by molar-refractivity contribution is 6.02. The molecular formula is C25H33N3O2. The van der Waals surface area contributed by atoms with Gasteiger partial charge in [-0.25, -0.2) is 0 Å². The largest absolute Gasteiger partial charge is 0.371 e. The summed E-state index contributed by atoms with van der Waals surface area (Å²) in [5, 5.41) is 5.96. The average molecular weight is 408 g/mol. The molecule has 0 spiro atoms. The number of amides is 2. The van der Waals surface area contributed by atoms with Gasteiger partial charge in [-0.1, -0.05) is 37.3 Å². The van der Waals surface area contributed by atoms with Gasteiger partial charge in [0.2, 0.25) is 5.91 Å². The number of carbonyl (C=O) groups excluding carboxylic acids is 2. The van der Waals surface area contributed by atoms with E-state index in [4.69, 9.17) is 0 Å². The second-order valence-corrected chi connectivity index (χ2v) is 8.56. The molecular weight excluding hydrogens is 374 g/mol. The molecule has 1 aliphatic heterocycles. The fraction of sp³-hybridized carbons (Fsp3) is 0.440. The molecule has 2 aromatic carbocycles. The number of benzene rings is 2. The molecule has 0 aromatic heterocycles. The van der Waals surface area contributed by atoms with Crippen molar-refractivity contribution in [3.05, 3.63) is 59.7 Å². The van der Waals surface area contributed by atoms with E-state index in [1.165, 1.54) is 0 Å². The van der Waals surface area contributed by atoms with Crippen molar-refractivity contribution in [3.8, 4) is 0 Å². The number of aryl methyl sites for hydroxylation is 1. The summed E-state index contributed by atoms with van der Waals surface area (Å²) in [5.74, 6) is 0.574. The molecule has 3 rings (SSSR count). The van der Waals surface area contributed by atoms with Gasteiger partial charge in [-0.2, -0.15) is 0 Å². The Kier molecular flexibility index (Phi) is 7.50. The highest BCUT2D eigenvalue weighted by Gasteiger charge is 2.22. The van der Waals surface area contributed by atoms with E-state index in [1.54, 1.807) is 0 Å². The summed E-state index contributed by atoms with van der Waals surface area (Å²) in [7, 11) is 0. The van der Waals surface area contributed by atoms with Gasteiger partial charge >= 0.3 is 0 Å². The zero-order valence-electron chi connectivity index (χ0n) is 18.3. The van der Waals surface area contributed by atoms with Crippen molar-refractivity contribution >= 4 is 23.2 Å². The minimum absolute atomic E-state index is 0.0476. The number of anilines is 2. The van der Waals surface area contributed by atoms with E-state index in [-0.39, 0.29) is 17.9 Å². The van der Waals surface area contributed by atoms with E-state index in [9.17, 15) is 9.59 Å². The molecule has 5 heteroatoms. The first-order valence-corrected chi connectivity index (χ1v) is 11.0. The third kappa shape index (κ3) is 6.09. The van der Waals surface area contributed by atoms with Crippen LogP contribution in [-0.2, 0) is 11.2 Å². The molecule has 160 valence electrons. The molecule has 1 heterocycles. The second-order valence-electron chi connectivity index (χ2n) is 8.56. The van der Waals surface area contributed by atoms with Crippen LogP contribution >= 0.6 is 0 Å². The molecule has 1 aliphatic rings. The quantitative estimate of drug-likeness (QED) is 0.703. The molecule has 2 aromatic rings. The molecule has 30 heavy (non-hydrogen) atoms. The Bertz CT molecular complexity index is 856. The van der Waals surface area contributed by atoms with Gasteiger partial charge in [0.15, 0.2) is 0 Å². The van der Waals surface area contributed by atoms with Crippen LogP contribution in [0.25, 0.3) is 0 Å². The highest BCUT2D eigenvalue weighted by Crippen LogP contribution is 2.29. The normalized spacial score (nSPS) is 14.6. The predicted molar refractivity (Wildman–Crippen MR) is 123 cm³/mol. The van der Waals surface area contributed by atoms with Crippen LogP contribution in [0.3, 0.4) is 0 Å². The summed E-state index contributed by atoms with van der Waals surface area (Å²) >= 11 is 0. The van der Waals surface area contributed by atoms with E-state index >= 15 is 0 Å². The Morgan fingerprint density at radius 3 is 2.43 bits per heavy atom. The summed E-state index contributed by atoms with van der Waals surface area (Å²) in [6, 6.07) is 15.7. The Morgan fingerprint density at radius 1 is 1.07 bits per heavy atom. The van der Waals surface area contributed by atoms with Crippen LogP contribution < -0.4 is 15.5 Å². The molecule has 2 amide bonds. The van der Waals surface area contributed by atoms with Gasteiger partial charge in [0.05, 0.1) is 5.56 Å². The predicted octanol–water partition coefficient (Wildman–Crippen LogP) is 4.63. The lowest BCUT2D eigenvalue weighted by Gasteiger charge is -2.33. The van der Waals surface area contributed by atoms with Crippen LogP contribution in [0.2, 0.25) is 0 Å². The summed E-state index contributed by atoms with van der Waals surface area (Å²) < 4.78 is 0. The van der Waals surface area contributed by atoms with Crippen LogP contribution in [0.1, 0.15) is 56.0 Å². The Balaban J connectivity index is 1.73. The van der Waals surface area contributed by atoms with Crippen molar-refractivity contribution in [2.24, 2.45) is 5.92 Å². The Labute approximate surface area is 179 Å². The van der Waals surface area contributed by atoms with Crippen molar-refractivity contribution in [2.75, 3.05) is 23.3 Å². The number of nitrogens with zero attached hydrogens (tertiary/aromatic N) is 1. The molecule has 0 saturated carbocycles. The minimum atomic E-state index is -0.0981. The van der Waals surface area contributed by atoms with Gasteiger partial charge in [0.1, 0.15) is 0 Å². The van der Waals surface area contributed by atoms with Gasteiger partial charge in [-0.05, 0) is 62.8 Å². The van der Waals surface area contributed by atoms with Gasteiger partial charge in [-0.3, -0.25) is 9.59 Å². The highest BCUT2D eigenvalue weighted by atomic mass is 16.2. The van der Waals surface area contributed by atoms with Crippen LogP contribution in [0.15, 0.2) is 48.5 Å². The summed E-state index contributed by atoms with van der Waals surface area (Å²) in [5.41, 5.74) is 3.37. The second kappa shape index (κ2) is 10.3. The van der Waals surface area contributed by atoms with E-state index in [2.05, 4.69) is 22.5 Å².